The maximum atomic E-state index is 5.45. The number of hydrogen-bond acceptors (Lipinski definition) is 2. The smallest absolute Gasteiger partial charge is 0.130 e. The fourth-order valence-electron chi connectivity index (χ4n) is 1.42. The monoisotopic (exact) mass is 167 g/mol. The summed E-state index contributed by atoms with van der Waals surface area (Å²) in [5.74, 6) is 2.66. The number of hydrogen-bond donors (Lipinski definition) is 0. The van der Waals surface area contributed by atoms with Crippen molar-refractivity contribution in [3.63, 3.8) is 0 Å². The zero-order chi connectivity index (χ0) is 8.97. The molecule has 0 spiro atoms. The molecule has 0 saturated carbocycles. The molecule has 0 aromatic heterocycles. The van der Waals surface area contributed by atoms with Crippen LogP contribution in [0.15, 0.2) is 0 Å². The Kier molecular flexibility index (Phi) is 3.58. The highest BCUT2D eigenvalue weighted by atomic mass is 16.5. The summed E-state index contributed by atoms with van der Waals surface area (Å²) in [4.78, 5) is 2.37. The minimum atomic E-state index is -0.00472. The summed E-state index contributed by atoms with van der Waals surface area (Å²) in [6.45, 7) is 7.18. The lowest BCUT2D eigenvalue weighted by Gasteiger charge is -2.25. The van der Waals surface area contributed by atoms with E-state index in [1.54, 1.807) is 0 Å². The van der Waals surface area contributed by atoms with E-state index < -0.39 is 0 Å². The van der Waals surface area contributed by atoms with Gasteiger partial charge in [0, 0.05) is 25.7 Å². The molecule has 68 valence electrons. The van der Waals surface area contributed by atoms with Gasteiger partial charge in [0.05, 0.1) is 0 Å². The summed E-state index contributed by atoms with van der Waals surface area (Å²) in [5, 5.41) is 0. The SMILES string of the molecule is C#CC1CN(C(C)C)CCCO1. The molecule has 1 atom stereocenters. The Morgan fingerprint density at radius 2 is 2.33 bits per heavy atom. The Hall–Kier alpha value is -0.520. The molecule has 2 heteroatoms. The fraction of sp³-hybridized carbons (Fsp3) is 0.800. The highest BCUT2D eigenvalue weighted by Gasteiger charge is 2.18. The molecule has 1 aliphatic heterocycles. The topological polar surface area (TPSA) is 12.5 Å². The molecule has 0 amide bonds. The second kappa shape index (κ2) is 4.49. The van der Waals surface area contributed by atoms with Crippen molar-refractivity contribution in [1.82, 2.24) is 4.90 Å². The molecular weight excluding hydrogens is 150 g/mol. The lowest BCUT2D eigenvalue weighted by atomic mass is 10.2. The van der Waals surface area contributed by atoms with Crippen molar-refractivity contribution in [3.05, 3.63) is 0 Å². The Balaban J connectivity index is 2.49. The van der Waals surface area contributed by atoms with Crippen LogP contribution in [-0.4, -0.2) is 36.7 Å². The zero-order valence-corrected chi connectivity index (χ0v) is 7.92. The van der Waals surface area contributed by atoms with E-state index in [2.05, 4.69) is 24.7 Å². The van der Waals surface area contributed by atoms with Crippen LogP contribution in [0.3, 0.4) is 0 Å². The van der Waals surface area contributed by atoms with Crippen LogP contribution in [0.2, 0.25) is 0 Å². The van der Waals surface area contributed by atoms with Crippen LogP contribution in [0, 0.1) is 12.3 Å². The maximum Gasteiger partial charge on any atom is 0.130 e. The Morgan fingerprint density at radius 1 is 1.58 bits per heavy atom. The molecule has 1 fully saturated rings. The van der Waals surface area contributed by atoms with E-state index in [1.807, 2.05) is 0 Å². The van der Waals surface area contributed by atoms with Crippen LogP contribution in [0.25, 0.3) is 0 Å². The van der Waals surface area contributed by atoms with E-state index in [0.717, 1.165) is 26.1 Å². The van der Waals surface area contributed by atoms with Crippen molar-refractivity contribution in [2.24, 2.45) is 0 Å². The van der Waals surface area contributed by atoms with Crippen molar-refractivity contribution in [1.29, 1.82) is 0 Å². The Morgan fingerprint density at radius 3 is 2.92 bits per heavy atom. The molecule has 2 nitrogen and oxygen atoms in total. The number of rotatable bonds is 1. The molecular formula is C10H17NO. The predicted molar refractivity (Wildman–Crippen MR) is 49.9 cm³/mol. The molecule has 1 rings (SSSR count). The number of ether oxygens (including phenoxy) is 1. The van der Waals surface area contributed by atoms with Gasteiger partial charge in [0.2, 0.25) is 0 Å². The first-order valence-corrected chi connectivity index (χ1v) is 4.56. The van der Waals surface area contributed by atoms with Crippen LogP contribution >= 0.6 is 0 Å². The molecule has 0 radical (unpaired) electrons. The Bertz CT molecular complexity index is 171. The third-order valence-corrected chi connectivity index (χ3v) is 2.23. The first-order valence-electron chi connectivity index (χ1n) is 4.56. The van der Waals surface area contributed by atoms with Crippen molar-refractivity contribution in [2.45, 2.75) is 32.4 Å². The second-order valence-electron chi connectivity index (χ2n) is 3.47. The van der Waals surface area contributed by atoms with Gasteiger partial charge in [-0.05, 0) is 20.3 Å². The normalized spacial score (nSPS) is 26.7. The molecule has 1 unspecified atom stereocenters. The first kappa shape index (κ1) is 9.57. The third kappa shape index (κ3) is 2.51. The summed E-state index contributed by atoms with van der Waals surface area (Å²) in [5.41, 5.74) is 0. The third-order valence-electron chi connectivity index (χ3n) is 2.23. The molecule has 0 aromatic carbocycles. The minimum Gasteiger partial charge on any atom is -0.364 e. The maximum absolute atomic E-state index is 5.45. The summed E-state index contributed by atoms with van der Waals surface area (Å²) >= 11 is 0. The highest BCUT2D eigenvalue weighted by molar-refractivity contribution is 4.97. The fourth-order valence-corrected chi connectivity index (χ4v) is 1.42. The van der Waals surface area contributed by atoms with E-state index in [9.17, 15) is 0 Å². The predicted octanol–water partition coefficient (Wildman–Crippen LogP) is 1.12. The van der Waals surface area contributed by atoms with Crippen LogP contribution in [-0.2, 0) is 4.74 Å². The van der Waals surface area contributed by atoms with Crippen molar-refractivity contribution in [3.8, 4) is 12.3 Å². The average molecular weight is 167 g/mol. The molecule has 0 bridgehead atoms. The Labute approximate surface area is 74.9 Å². The van der Waals surface area contributed by atoms with Crippen LogP contribution in [0.4, 0.5) is 0 Å². The van der Waals surface area contributed by atoms with E-state index in [0.29, 0.717) is 6.04 Å². The van der Waals surface area contributed by atoms with Gasteiger partial charge >= 0.3 is 0 Å². The van der Waals surface area contributed by atoms with Gasteiger partial charge in [0.25, 0.3) is 0 Å². The van der Waals surface area contributed by atoms with Gasteiger partial charge in [-0.25, -0.2) is 0 Å². The molecule has 12 heavy (non-hydrogen) atoms. The molecule has 0 aromatic rings. The van der Waals surface area contributed by atoms with Crippen LogP contribution < -0.4 is 0 Å². The molecule has 0 aliphatic carbocycles. The van der Waals surface area contributed by atoms with Gasteiger partial charge in [-0.1, -0.05) is 5.92 Å². The largest absolute Gasteiger partial charge is 0.364 e. The van der Waals surface area contributed by atoms with Crippen LogP contribution in [0.1, 0.15) is 20.3 Å². The van der Waals surface area contributed by atoms with Gasteiger partial charge in [-0.3, -0.25) is 4.90 Å². The van der Waals surface area contributed by atoms with E-state index in [-0.39, 0.29) is 6.10 Å². The second-order valence-corrected chi connectivity index (χ2v) is 3.47. The molecule has 1 aliphatic rings. The summed E-state index contributed by atoms with van der Waals surface area (Å²) in [6, 6.07) is 0.572. The molecule has 0 N–H and O–H groups in total. The standard InChI is InChI=1S/C10H17NO/c1-4-10-8-11(9(2)3)6-5-7-12-10/h1,9-10H,5-8H2,2-3H3. The lowest BCUT2D eigenvalue weighted by Crippen LogP contribution is -2.36. The van der Waals surface area contributed by atoms with Crippen LogP contribution in [0.5, 0.6) is 0 Å². The van der Waals surface area contributed by atoms with Gasteiger partial charge < -0.3 is 4.74 Å². The van der Waals surface area contributed by atoms with E-state index in [1.165, 1.54) is 0 Å². The minimum absolute atomic E-state index is 0.00472. The van der Waals surface area contributed by atoms with Crippen molar-refractivity contribution >= 4 is 0 Å². The van der Waals surface area contributed by atoms with Crippen molar-refractivity contribution in [2.75, 3.05) is 19.7 Å². The molecule has 1 heterocycles. The van der Waals surface area contributed by atoms with E-state index in [4.69, 9.17) is 11.2 Å². The quantitative estimate of drug-likeness (QED) is 0.543. The summed E-state index contributed by atoms with van der Waals surface area (Å²) in [7, 11) is 0. The highest BCUT2D eigenvalue weighted by Crippen LogP contribution is 2.08. The van der Waals surface area contributed by atoms with Crippen molar-refractivity contribution < 1.29 is 4.74 Å². The van der Waals surface area contributed by atoms with Gasteiger partial charge in [-0.15, -0.1) is 6.42 Å². The average Bonchev–Trinajstić information content (AvgIpc) is 2.28. The lowest BCUT2D eigenvalue weighted by molar-refractivity contribution is 0.0891. The number of nitrogens with zero attached hydrogens (tertiary/aromatic N) is 1. The zero-order valence-electron chi connectivity index (χ0n) is 7.92. The molecule has 1 saturated heterocycles. The van der Waals surface area contributed by atoms with E-state index >= 15 is 0 Å². The van der Waals surface area contributed by atoms with Gasteiger partial charge in [-0.2, -0.15) is 0 Å². The van der Waals surface area contributed by atoms with Gasteiger partial charge in [0.15, 0.2) is 0 Å². The summed E-state index contributed by atoms with van der Waals surface area (Å²) < 4.78 is 5.45. The first-order chi connectivity index (χ1) is 5.74. The van der Waals surface area contributed by atoms with Gasteiger partial charge in [0.1, 0.15) is 6.10 Å². The number of terminal acetylenes is 1. The summed E-state index contributed by atoms with van der Waals surface area (Å²) in [6.07, 6.45) is 6.42.